The number of carbonyl (C=O) groups excluding carboxylic acids is 1. The molecule has 21 heavy (non-hydrogen) atoms. The first-order valence-electron chi connectivity index (χ1n) is 8.21. The monoisotopic (exact) mass is 288 g/mol. The highest BCUT2D eigenvalue weighted by atomic mass is 16.2. The average molecular weight is 288 g/mol. The number of nitrogens with two attached hydrogens (primary N) is 1. The molecule has 1 saturated carbocycles. The molecule has 3 heteroatoms. The molecule has 2 unspecified atom stereocenters. The molecule has 0 saturated heterocycles. The molecule has 0 bridgehead atoms. The molecule has 1 aromatic carbocycles. The van der Waals surface area contributed by atoms with E-state index in [1.807, 2.05) is 18.0 Å². The van der Waals surface area contributed by atoms with Crippen molar-refractivity contribution in [3.63, 3.8) is 0 Å². The van der Waals surface area contributed by atoms with Gasteiger partial charge in [0.25, 0.3) is 0 Å². The molecule has 0 spiro atoms. The minimum Gasteiger partial charge on any atom is -0.346 e. The highest BCUT2D eigenvalue weighted by molar-refractivity contribution is 5.79. The van der Waals surface area contributed by atoms with Gasteiger partial charge in [-0.1, -0.05) is 43.2 Å². The zero-order valence-electron chi connectivity index (χ0n) is 13.1. The fourth-order valence-corrected chi connectivity index (χ4v) is 3.37. The second-order valence-corrected chi connectivity index (χ2v) is 6.24. The first-order valence-corrected chi connectivity index (χ1v) is 8.21. The van der Waals surface area contributed by atoms with Crippen LogP contribution in [0.15, 0.2) is 30.3 Å². The van der Waals surface area contributed by atoms with E-state index >= 15 is 0 Å². The van der Waals surface area contributed by atoms with Gasteiger partial charge in [-0.15, -0.1) is 0 Å². The Balaban J connectivity index is 1.79. The fraction of sp³-hybridized carbons (Fsp3) is 0.611. The van der Waals surface area contributed by atoms with Gasteiger partial charge in [0.1, 0.15) is 0 Å². The van der Waals surface area contributed by atoms with Crippen molar-refractivity contribution in [1.82, 2.24) is 4.90 Å². The summed E-state index contributed by atoms with van der Waals surface area (Å²) in [4.78, 5) is 14.5. The lowest BCUT2D eigenvalue weighted by molar-refractivity contribution is -0.137. The molecule has 3 nitrogen and oxygen atoms in total. The highest BCUT2D eigenvalue weighted by Gasteiger charge is 2.31. The number of amides is 1. The minimum atomic E-state index is 0.158. The van der Waals surface area contributed by atoms with Crippen molar-refractivity contribution in [3.8, 4) is 0 Å². The van der Waals surface area contributed by atoms with Crippen LogP contribution in [0.5, 0.6) is 0 Å². The lowest BCUT2D eigenvalue weighted by Gasteiger charge is -2.32. The smallest absolute Gasteiger partial charge is 0.225 e. The SMILES string of the molecule is CN(CCCc1ccccc1)C(=O)C1CCCCC1CN. The van der Waals surface area contributed by atoms with E-state index in [2.05, 4.69) is 24.3 Å². The number of hydrogen-bond acceptors (Lipinski definition) is 2. The van der Waals surface area contributed by atoms with Gasteiger partial charge < -0.3 is 10.6 Å². The Morgan fingerprint density at radius 1 is 1.24 bits per heavy atom. The lowest BCUT2D eigenvalue weighted by atomic mass is 9.78. The molecule has 0 aromatic heterocycles. The molecule has 2 rings (SSSR count). The fourth-order valence-electron chi connectivity index (χ4n) is 3.37. The van der Waals surface area contributed by atoms with Crippen LogP contribution in [0.3, 0.4) is 0 Å². The van der Waals surface area contributed by atoms with Gasteiger partial charge in [-0.3, -0.25) is 4.79 Å². The van der Waals surface area contributed by atoms with Crippen LogP contribution in [0.2, 0.25) is 0 Å². The van der Waals surface area contributed by atoms with Crippen molar-refractivity contribution in [1.29, 1.82) is 0 Å². The topological polar surface area (TPSA) is 46.3 Å². The van der Waals surface area contributed by atoms with E-state index in [4.69, 9.17) is 5.73 Å². The normalized spacial score (nSPS) is 22.0. The summed E-state index contributed by atoms with van der Waals surface area (Å²) in [6, 6.07) is 10.5. The number of hydrogen-bond donors (Lipinski definition) is 1. The Bertz CT molecular complexity index is 432. The third-order valence-electron chi connectivity index (χ3n) is 4.71. The summed E-state index contributed by atoms with van der Waals surface area (Å²) < 4.78 is 0. The van der Waals surface area contributed by atoms with Crippen molar-refractivity contribution in [3.05, 3.63) is 35.9 Å². The van der Waals surface area contributed by atoms with E-state index < -0.39 is 0 Å². The molecule has 0 aliphatic heterocycles. The number of benzene rings is 1. The van der Waals surface area contributed by atoms with Crippen LogP contribution >= 0.6 is 0 Å². The summed E-state index contributed by atoms with van der Waals surface area (Å²) >= 11 is 0. The summed E-state index contributed by atoms with van der Waals surface area (Å²) in [6.07, 6.45) is 6.58. The van der Waals surface area contributed by atoms with Gasteiger partial charge in [-0.25, -0.2) is 0 Å². The standard InChI is InChI=1S/C18H28N2O/c1-20(13-7-10-15-8-3-2-4-9-15)18(21)17-12-6-5-11-16(17)14-19/h2-4,8-9,16-17H,5-7,10-14,19H2,1H3. The minimum absolute atomic E-state index is 0.158. The molecule has 1 aromatic rings. The second-order valence-electron chi connectivity index (χ2n) is 6.24. The van der Waals surface area contributed by atoms with Crippen LogP contribution < -0.4 is 5.73 Å². The summed E-state index contributed by atoms with van der Waals surface area (Å²) in [7, 11) is 1.94. The van der Waals surface area contributed by atoms with Crippen molar-refractivity contribution in [2.75, 3.05) is 20.1 Å². The van der Waals surface area contributed by atoms with Crippen LogP contribution in [0.25, 0.3) is 0 Å². The quantitative estimate of drug-likeness (QED) is 0.875. The zero-order valence-corrected chi connectivity index (χ0v) is 13.1. The van der Waals surface area contributed by atoms with Crippen LogP contribution in [-0.4, -0.2) is 30.9 Å². The molecule has 2 N–H and O–H groups in total. The maximum absolute atomic E-state index is 12.6. The second kappa shape index (κ2) is 8.18. The van der Waals surface area contributed by atoms with E-state index in [0.717, 1.165) is 32.2 Å². The molecule has 0 radical (unpaired) electrons. The Kier molecular flexibility index (Phi) is 6.24. The van der Waals surface area contributed by atoms with E-state index in [1.165, 1.54) is 18.4 Å². The lowest BCUT2D eigenvalue weighted by Crippen LogP contribution is -2.40. The van der Waals surface area contributed by atoms with Gasteiger partial charge in [0.2, 0.25) is 5.91 Å². The Morgan fingerprint density at radius 2 is 1.95 bits per heavy atom. The van der Waals surface area contributed by atoms with Crippen LogP contribution in [0, 0.1) is 11.8 Å². The van der Waals surface area contributed by atoms with Gasteiger partial charge in [-0.2, -0.15) is 0 Å². The van der Waals surface area contributed by atoms with Gasteiger partial charge in [0.15, 0.2) is 0 Å². The largest absolute Gasteiger partial charge is 0.346 e. The zero-order chi connectivity index (χ0) is 15.1. The first-order chi connectivity index (χ1) is 10.2. The van der Waals surface area contributed by atoms with Gasteiger partial charge in [0.05, 0.1) is 0 Å². The van der Waals surface area contributed by atoms with Gasteiger partial charge in [-0.05, 0) is 43.7 Å². The average Bonchev–Trinajstić information content (AvgIpc) is 2.55. The van der Waals surface area contributed by atoms with Crippen molar-refractivity contribution in [2.24, 2.45) is 17.6 Å². The van der Waals surface area contributed by atoms with E-state index in [-0.39, 0.29) is 5.92 Å². The summed E-state index contributed by atoms with van der Waals surface area (Å²) in [5, 5.41) is 0. The van der Waals surface area contributed by atoms with Crippen LogP contribution in [0.4, 0.5) is 0 Å². The Labute approximate surface area is 128 Å². The molecule has 2 atom stereocenters. The van der Waals surface area contributed by atoms with Gasteiger partial charge >= 0.3 is 0 Å². The van der Waals surface area contributed by atoms with E-state index in [9.17, 15) is 4.79 Å². The molecule has 1 aliphatic rings. The predicted molar refractivity (Wildman–Crippen MR) is 86.9 cm³/mol. The summed E-state index contributed by atoms with van der Waals surface area (Å²) in [5.41, 5.74) is 7.18. The van der Waals surface area contributed by atoms with E-state index in [1.54, 1.807) is 0 Å². The Hall–Kier alpha value is -1.35. The molecular weight excluding hydrogens is 260 g/mol. The Morgan fingerprint density at radius 3 is 2.67 bits per heavy atom. The maximum atomic E-state index is 12.6. The number of carbonyl (C=O) groups is 1. The van der Waals surface area contributed by atoms with Crippen LogP contribution in [-0.2, 0) is 11.2 Å². The third kappa shape index (κ3) is 4.57. The number of aryl methyl sites for hydroxylation is 1. The maximum Gasteiger partial charge on any atom is 0.225 e. The highest BCUT2D eigenvalue weighted by Crippen LogP contribution is 2.30. The molecule has 1 aliphatic carbocycles. The molecule has 1 amide bonds. The summed E-state index contributed by atoms with van der Waals surface area (Å²) in [6.45, 7) is 1.48. The number of nitrogens with zero attached hydrogens (tertiary/aromatic N) is 1. The van der Waals surface area contributed by atoms with Crippen molar-refractivity contribution < 1.29 is 4.79 Å². The summed E-state index contributed by atoms with van der Waals surface area (Å²) in [5.74, 6) is 0.853. The molecular formula is C18H28N2O. The first kappa shape index (κ1) is 16.0. The van der Waals surface area contributed by atoms with Gasteiger partial charge in [0, 0.05) is 19.5 Å². The predicted octanol–water partition coefficient (Wildman–Crippen LogP) is 2.84. The number of rotatable bonds is 6. The van der Waals surface area contributed by atoms with Crippen molar-refractivity contribution >= 4 is 5.91 Å². The third-order valence-corrected chi connectivity index (χ3v) is 4.71. The molecule has 116 valence electrons. The van der Waals surface area contributed by atoms with Crippen LogP contribution in [0.1, 0.15) is 37.7 Å². The van der Waals surface area contributed by atoms with Crippen molar-refractivity contribution in [2.45, 2.75) is 38.5 Å². The molecule has 1 fully saturated rings. The van der Waals surface area contributed by atoms with E-state index in [0.29, 0.717) is 18.4 Å². The molecule has 0 heterocycles.